The standard InChI is InChI=1S/C11H13ClN2O3/c12-10-6-13-2-1-9(10)11(15)14-5-8-7-16-3-4-17-8/h1-2,6,8H,3-5,7H2,(H,14,15). The predicted octanol–water partition coefficient (Wildman–Crippen LogP) is 0.880. The van der Waals surface area contributed by atoms with E-state index in [9.17, 15) is 4.79 Å². The highest BCUT2D eigenvalue weighted by atomic mass is 35.5. The Bertz CT molecular complexity index is 394. The summed E-state index contributed by atoms with van der Waals surface area (Å²) < 4.78 is 10.6. The minimum atomic E-state index is -0.230. The summed E-state index contributed by atoms with van der Waals surface area (Å²) >= 11 is 5.86. The molecule has 2 heterocycles. The molecule has 0 spiro atoms. The van der Waals surface area contributed by atoms with Gasteiger partial charge in [0.1, 0.15) is 0 Å². The smallest absolute Gasteiger partial charge is 0.253 e. The van der Waals surface area contributed by atoms with Crippen LogP contribution in [0.4, 0.5) is 0 Å². The zero-order valence-electron chi connectivity index (χ0n) is 9.19. The van der Waals surface area contributed by atoms with Crippen molar-refractivity contribution in [3.63, 3.8) is 0 Å². The van der Waals surface area contributed by atoms with Crippen molar-refractivity contribution in [1.29, 1.82) is 0 Å². The average Bonchev–Trinajstić information content (AvgIpc) is 2.38. The third kappa shape index (κ3) is 3.39. The molecule has 6 heteroatoms. The molecule has 0 aromatic carbocycles. The molecule has 5 nitrogen and oxygen atoms in total. The van der Waals surface area contributed by atoms with Crippen molar-refractivity contribution in [2.75, 3.05) is 26.4 Å². The summed E-state index contributed by atoms with van der Waals surface area (Å²) in [7, 11) is 0. The molecule has 1 fully saturated rings. The first-order valence-electron chi connectivity index (χ1n) is 5.34. The molecule has 0 radical (unpaired) electrons. The average molecular weight is 257 g/mol. The van der Waals surface area contributed by atoms with Crippen LogP contribution >= 0.6 is 11.6 Å². The Kier molecular flexibility index (Phi) is 4.30. The number of carbonyl (C=O) groups is 1. The van der Waals surface area contributed by atoms with Crippen molar-refractivity contribution in [3.05, 3.63) is 29.0 Å². The Morgan fingerprint density at radius 2 is 2.47 bits per heavy atom. The monoisotopic (exact) mass is 256 g/mol. The van der Waals surface area contributed by atoms with Gasteiger partial charge in [-0.2, -0.15) is 0 Å². The molecule has 1 N–H and O–H groups in total. The molecule has 1 aromatic heterocycles. The van der Waals surface area contributed by atoms with Crippen molar-refractivity contribution in [3.8, 4) is 0 Å². The summed E-state index contributed by atoms with van der Waals surface area (Å²) in [6.45, 7) is 2.10. The van der Waals surface area contributed by atoms with Crippen LogP contribution in [0.5, 0.6) is 0 Å². The normalized spacial score (nSPS) is 19.9. The quantitative estimate of drug-likeness (QED) is 0.872. The molecule has 1 aliphatic rings. The lowest BCUT2D eigenvalue weighted by molar-refractivity contribution is -0.0855. The molecule has 0 saturated carbocycles. The SMILES string of the molecule is O=C(NCC1COCCO1)c1ccncc1Cl. The number of ether oxygens (including phenoxy) is 2. The fourth-order valence-corrected chi connectivity index (χ4v) is 1.72. The third-order valence-corrected chi connectivity index (χ3v) is 2.69. The van der Waals surface area contributed by atoms with E-state index in [0.29, 0.717) is 37.0 Å². The molecule has 1 aliphatic heterocycles. The van der Waals surface area contributed by atoms with E-state index >= 15 is 0 Å². The Hall–Kier alpha value is -1.17. The van der Waals surface area contributed by atoms with Gasteiger partial charge in [-0.05, 0) is 6.07 Å². The number of halogens is 1. The highest BCUT2D eigenvalue weighted by molar-refractivity contribution is 6.33. The predicted molar refractivity (Wildman–Crippen MR) is 62.1 cm³/mol. The number of nitrogens with one attached hydrogen (secondary N) is 1. The van der Waals surface area contributed by atoms with Crippen LogP contribution in [0.3, 0.4) is 0 Å². The van der Waals surface area contributed by atoms with Gasteiger partial charge < -0.3 is 14.8 Å². The molecule has 17 heavy (non-hydrogen) atoms. The maximum absolute atomic E-state index is 11.8. The Morgan fingerprint density at radius 3 is 3.18 bits per heavy atom. The van der Waals surface area contributed by atoms with E-state index in [1.54, 1.807) is 6.07 Å². The number of pyridine rings is 1. The van der Waals surface area contributed by atoms with E-state index in [4.69, 9.17) is 21.1 Å². The van der Waals surface area contributed by atoms with Gasteiger partial charge in [0.05, 0.1) is 36.5 Å². The van der Waals surface area contributed by atoms with Crippen LogP contribution in [0.15, 0.2) is 18.5 Å². The molecular formula is C11H13ClN2O3. The number of nitrogens with zero attached hydrogens (tertiary/aromatic N) is 1. The van der Waals surface area contributed by atoms with Gasteiger partial charge in [0.2, 0.25) is 0 Å². The number of amides is 1. The molecule has 0 aliphatic carbocycles. The Morgan fingerprint density at radius 1 is 1.59 bits per heavy atom. The van der Waals surface area contributed by atoms with Crippen LogP contribution in [0.25, 0.3) is 0 Å². The molecule has 0 bridgehead atoms. The first-order valence-corrected chi connectivity index (χ1v) is 5.72. The van der Waals surface area contributed by atoms with Crippen molar-refractivity contribution in [1.82, 2.24) is 10.3 Å². The Labute approximate surface area is 104 Å². The van der Waals surface area contributed by atoms with Gasteiger partial charge >= 0.3 is 0 Å². The second-order valence-electron chi connectivity index (χ2n) is 3.63. The van der Waals surface area contributed by atoms with E-state index in [0.717, 1.165) is 0 Å². The van der Waals surface area contributed by atoms with Crippen LogP contribution in [-0.4, -0.2) is 43.4 Å². The first kappa shape index (κ1) is 12.3. The number of hydrogen-bond donors (Lipinski definition) is 1. The van der Waals surface area contributed by atoms with Gasteiger partial charge in [-0.15, -0.1) is 0 Å². The third-order valence-electron chi connectivity index (χ3n) is 2.39. The number of aromatic nitrogens is 1. The van der Waals surface area contributed by atoms with Crippen LogP contribution in [0.2, 0.25) is 5.02 Å². The van der Waals surface area contributed by atoms with Gasteiger partial charge in [-0.25, -0.2) is 0 Å². The van der Waals surface area contributed by atoms with Crippen molar-refractivity contribution in [2.45, 2.75) is 6.10 Å². The van der Waals surface area contributed by atoms with Gasteiger partial charge in [0.15, 0.2) is 0 Å². The Balaban J connectivity index is 1.87. The van der Waals surface area contributed by atoms with Gasteiger partial charge in [0, 0.05) is 18.9 Å². The maximum atomic E-state index is 11.8. The lowest BCUT2D eigenvalue weighted by Crippen LogP contribution is -2.39. The largest absolute Gasteiger partial charge is 0.376 e. The van der Waals surface area contributed by atoms with E-state index in [1.807, 2.05) is 0 Å². The molecule has 2 rings (SSSR count). The molecule has 1 unspecified atom stereocenters. The summed E-state index contributed by atoms with van der Waals surface area (Å²) in [6.07, 6.45) is 2.88. The molecule has 1 amide bonds. The van der Waals surface area contributed by atoms with Crippen LogP contribution in [0, 0.1) is 0 Å². The van der Waals surface area contributed by atoms with E-state index < -0.39 is 0 Å². The van der Waals surface area contributed by atoms with E-state index in [-0.39, 0.29) is 12.0 Å². The molecule has 1 aromatic rings. The van der Waals surface area contributed by atoms with E-state index in [2.05, 4.69) is 10.3 Å². The van der Waals surface area contributed by atoms with Crippen molar-refractivity contribution < 1.29 is 14.3 Å². The number of rotatable bonds is 3. The summed E-state index contributed by atoms with van der Waals surface area (Å²) in [5.74, 6) is -0.230. The minimum Gasteiger partial charge on any atom is -0.376 e. The maximum Gasteiger partial charge on any atom is 0.253 e. The van der Waals surface area contributed by atoms with Crippen LogP contribution in [-0.2, 0) is 9.47 Å². The van der Waals surface area contributed by atoms with Crippen LogP contribution in [0.1, 0.15) is 10.4 Å². The molecule has 92 valence electrons. The number of carbonyl (C=O) groups excluding carboxylic acids is 1. The van der Waals surface area contributed by atoms with E-state index in [1.165, 1.54) is 12.4 Å². The lowest BCUT2D eigenvalue weighted by atomic mass is 10.2. The highest BCUT2D eigenvalue weighted by Crippen LogP contribution is 2.12. The lowest BCUT2D eigenvalue weighted by Gasteiger charge is -2.23. The summed E-state index contributed by atoms with van der Waals surface area (Å²) in [5, 5.41) is 3.09. The fourth-order valence-electron chi connectivity index (χ4n) is 1.52. The molecule has 1 atom stereocenters. The first-order chi connectivity index (χ1) is 8.27. The van der Waals surface area contributed by atoms with Crippen LogP contribution < -0.4 is 5.32 Å². The van der Waals surface area contributed by atoms with Gasteiger partial charge in [0.25, 0.3) is 5.91 Å². The highest BCUT2D eigenvalue weighted by Gasteiger charge is 2.16. The number of hydrogen-bond acceptors (Lipinski definition) is 4. The van der Waals surface area contributed by atoms with Gasteiger partial charge in [-0.3, -0.25) is 9.78 Å². The van der Waals surface area contributed by atoms with Gasteiger partial charge in [-0.1, -0.05) is 11.6 Å². The summed E-state index contributed by atoms with van der Waals surface area (Å²) in [4.78, 5) is 15.6. The molecule has 1 saturated heterocycles. The second kappa shape index (κ2) is 5.95. The zero-order valence-corrected chi connectivity index (χ0v) is 9.94. The summed E-state index contributed by atoms with van der Waals surface area (Å²) in [5.41, 5.74) is 0.415. The zero-order chi connectivity index (χ0) is 12.1. The minimum absolute atomic E-state index is 0.0895. The van der Waals surface area contributed by atoms with Crippen molar-refractivity contribution >= 4 is 17.5 Å². The summed E-state index contributed by atoms with van der Waals surface area (Å²) in [6, 6.07) is 1.58. The second-order valence-corrected chi connectivity index (χ2v) is 4.04. The molecular weight excluding hydrogens is 244 g/mol. The van der Waals surface area contributed by atoms with Crippen molar-refractivity contribution in [2.24, 2.45) is 0 Å². The topological polar surface area (TPSA) is 60.5 Å². The fraction of sp³-hybridized carbons (Fsp3) is 0.455.